The number of allylic oxidation sites excluding steroid dienone is 1. The highest BCUT2D eigenvalue weighted by atomic mass is 16.5. The monoisotopic (exact) mass is 441 g/mol. The van der Waals surface area contributed by atoms with Crippen molar-refractivity contribution in [1.82, 2.24) is 20.3 Å². The maximum Gasteiger partial charge on any atom is 0.289 e. The predicted octanol–water partition coefficient (Wildman–Crippen LogP) is 3.23. The quantitative estimate of drug-likeness (QED) is 0.633. The summed E-state index contributed by atoms with van der Waals surface area (Å²) < 4.78 is 5.46. The van der Waals surface area contributed by atoms with E-state index in [9.17, 15) is 4.79 Å². The first kappa shape index (κ1) is 21.3. The van der Waals surface area contributed by atoms with Gasteiger partial charge in [-0.15, -0.1) is 0 Å². The molecule has 5 rings (SSSR count). The van der Waals surface area contributed by atoms with Crippen LogP contribution in [0.25, 0.3) is 5.57 Å². The lowest BCUT2D eigenvalue weighted by Crippen LogP contribution is -2.36. The van der Waals surface area contributed by atoms with Crippen molar-refractivity contribution >= 4 is 17.2 Å². The van der Waals surface area contributed by atoms with Crippen LogP contribution in [0, 0.1) is 0 Å². The zero-order valence-corrected chi connectivity index (χ0v) is 18.7. The highest BCUT2D eigenvalue weighted by molar-refractivity contribution is 5.91. The molecule has 2 aromatic heterocycles. The molecular weight excluding hydrogens is 414 g/mol. The number of carbonyl (C=O) groups is 1. The fourth-order valence-corrected chi connectivity index (χ4v) is 4.26. The van der Waals surface area contributed by atoms with Crippen LogP contribution in [-0.4, -0.2) is 53.7 Å². The van der Waals surface area contributed by atoms with Crippen LogP contribution in [0.15, 0.2) is 61.1 Å². The van der Waals surface area contributed by atoms with E-state index in [1.165, 1.54) is 5.56 Å². The van der Waals surface area contributed by atoms with Crippen molar-refractivity contribution in [2.45, 2.75) is 19.3 Å². The fourth-order valence-electron chi connectivity index (χ4n) is 4.26. The number of pyridine rings is 1. The first-order chi connectivity index (χ1) is 16.2. The van der Waals surface area contributed by atoms with Gasteiger partial charge in [0.1, 0.15) is 0 Å². The van der Waals surface area contributed by atoms with Crippen molar-refractivity contribution in [1.29, 1.82) is 0 Å². The molecule has 0 unspecified atom stereocenters. The molecule has 7 heteroatoms. The third-order valence-corrected chi connectivity index (χ3v) is 6.23. The molecule has 2 aliphatic rings. The van der Waals surface area contributed by atoms with Gasteiger partial charge in [-0.1, -0.05) is 43.3 Å². The molecule has 1 fully saturated rings. The number of fused-ring (bicyclic) bond motifs is 1. The molecule has 0 radical (unpaired) electrons. The molecule has 1 aliphatic carbocycles. The molecule has 0 spiro atoms. The summed E-state index contributed by atoms with van der Waals surface area (Å²) in [4.78, 5) is 28.2. The molecule has 1 aliphatic heterocycles. The Morgan fingerprint density at radius 2 is 1.85 bits per heavy atom. The van der Waals surface area contributed by atoms with Crippen LogP contribution in [0.2, 0.25) is 0 Å². The predicted molar refractivity (Wildman–Crippen MR) is 127 cm³/mol. The number of anilines is 1. The van der Waals surface area contributed by atoms with E-state index in [1.807, 2.05) is 24.4 Å². The van der Waals surface area contributed by atoms with E-state index >= 15 is 0 Å². The molecule has 1 atom stereocenters. The lowest BCUT2D eigenvalue weighted by molar-refractivity contribution is 0.0941. The number of benzene rings is 1. The Kier molecular flexibility index (Phi) is 6.13. The summed E-state index contributed by atoms with van der Waals surface area (Å²) in [5, 5.41) is 2.94. The van der Waals surface area contributed by atoms with Gasteiger partial charge in [0.2, 0.25) is 5.82 Å². The van der Waals surface area contributed by atoms with Crippen molar-refractivity contribution in [3.63, 3.8) is 0 Å². The third-order valence-electron chi connectivity index (χ3n) is 6.23. The third kappa shape index (κ3) is 4.64. The summed E-state index contributed by atoms with van der Waals surface area (Å²) >= 11 is 0. The van der Waals surface area contributed by atoms with Crippen LogP contribution >= 0.6 is 0 Å². The second-order valence-corrected chi connectivity index (χ2v) is 8.43. The van der Waals surface area contributed by atoms with Crippen molar-refractivity contribution in [2.24, 2.45) is 0 Å². The zero-order chi connectivity index (χ0) is 22.6. The van der Waals surface area contributed by atoms with Crippen molar-refractivity contribution in [3.05, 3.63) is 89.3 Å². The minimum Gasteiger partial charge on any atom is -0.378 e. The summed E-state index contributed by atoms with van der Waals surface area (Å²) in [6, 6.07) is 12.3. The number of nitrogens with one attached hydrogen (secondary N) is 1. The first-order valence-electron chi connectivity index (χ1n) is 11.4. The average molecular weight is 442 g/mol. The molecule has 0 bridgehead atoms. The second-order valence-electron chi connectivity index (χ2n) is 8.43. The molecule has 1 N–H and O–H groups in total. The van der Waals surface area contributed by atoms with E-state index < -0.39 is 0 Å². The molecule has 1 aromatic carbocycles. The average Bonchev–Trinajstić information content (AvgIpc) is 3.31. The maximum atomic E-state index is 12.6. The van der Waals surface area contributed by atoms with Gasteiger partial charge < -0.3 is 15.0 Å². The number of nitrogens with zero attached hydrogens (tertiary/aromatic N) is 4. The van der Waals surface area contributed by atoms with E-state index in [0.717, 1.165) is 60.8 Å². The van der Waals surface area contributed by atoms with Gasteiger partial charge in [0, 0.05) is 49.6 Å². The van der Waals surface area contributed by atoms with E-state index in [0.29, 0.717) is 6.54 Å². The minimum atomic E-state index is -0.263. The summed E-state index contributed by atoms with van der Waals surface area (Å²) in [6.07, 6.45) is 8.34. The van der Waals surface area contributed by atoms with Gasteiger partial charge in [-0.3, -0.25) is 9.78 Å². The normalized spacial score (nSPS) is 16.2. The van der Waals surface area contributed by atoms with Gasteiger partial charge in [0.05, 0.1) is 30.8 Å². The number of hydrogen-bond donors (Lipinski definition) is 1. The lowest BCUT2D eigenvalue weighted by atomic mass is 10.0. The van der Waals surface area contributed by atoms with E-state index in [4.69, 9.17) is 4.74 Å². The van der Waals surface area contributed by atoms with Gasteiger partial charge in [-0.05, 0) is 23.1 Å². The van der Waals surface area contributed by atoms with Gasteiger partial charge in [-0.2, -0.15) is 0 Å². The summed E-state index contributed by atoms with van der Waals surface area (Å²) in [5.41, 5.74) is 6.41. The van der Waals surface area contributed by atoms with Crippen molar-refractivity contribution in [3.8, 4) is 0 Å². The molecule has 7 nitrogen and oxygen atoms in total. The first-order valence-corrected chi connectivity index (χ1v) is 11.4. The summed E-state index contributed by atoms with van der Waals surface area (Å²) in [7, 11) is 0. The number of hydrogen-bond acceptors (Lipinski definition) is 6. The smallest absolute Gasteiger partial charge is 0.289 e. The molecule has 3 aromatic rings. The fraction of sp³-hybridized carbons (Fsp3) is 0.308. The van der Waals surface area contributed by atoms with Gasteiger partial charge in [0.25, 0.3) is 5.91 Å². The minimum absolute atomic E-state index is 0.179. The second kappa shape index (κ2) is 9.50. The number of ether oxygens (including phenoxy) is 1. The molecule has 33 heavy (non-hydrogen) atoms. The number of amides is 1. The van der Waals surface area contributed by atoms with Crippen LogP contribution < -0.4 is 10.2 Å². The molecule has 1 amide bonds. The van der Waals surface area contributed by atoms with E-state index in [2.05, 4.69) is 56.4 Å². The SMILES string of the molecule is C[C@@H](CNC(=O)c1ncc(C2=CCc3ncc(N4CCOCC4)cc32)cn1)c1ccccc1. The molecule has 168 valence electrons. The van der Waals surface area contributed by atoms with Crippen LogP contribution in [0.3, 0.4) is 0 Å². The van der Waals surface area contributed by atoms with Crippen molar-refractivity contribution in [2.75, 3.05) is 37.7 Å². The zero-order valence-electron chi connectivity index (χ0n) is 18.7. The van der Waals surface area contributed by atoms with Crippen LogP contribution in [0.1, 0.15) is 45.8 Å². The van der Waals surface area contributed by atoms with E-state index in [1.54, 1.807) is 12.4 Å². The topological polar surface area (TPSA) is 80.2 Å². The Morgan fingerprint density at radius 1 is 1.09 bits per heavy atom. The maximum absolute atomic E-state index is 12.6. The standard InChI is InChI=1S/C26H27N5O2/c1-18(19-5-3-2-4-6-19)14-30-26(32)25-28-15-20(16-29-25)22-7-8-24-23(22)13-21(17-27-24)31-9-11-33-12-10-31/h2-7,13,15-18H,8-12,14H2,1H3,(H,30,32)/t18-/m0/s1. The van der Waals surface area contributed by atoms with Gasteiger partial charge >= 0.3 is 0 Å². The Labute approximate surface area is 193 Å². The Hall–Kier alpha value is -3.58. The van der Waals surface area contributed by atoms with Crippen LogP contribution in [0.5, 0.6) is 0 Å². The number of aromatic nitrogens is 3. The Morgan fingerprint density at radius 3 is 2.61 bits per heavy atom. The van der Waals surface area contributed by atoms with E-state index in [-0.39, 0.29) is 17.6 Å². The Bertz CT molecular complexity index is 1160. The lowest BCUT2D eigenvalue weighted by Gasteiger charge is -2.29. The largest absolute Gasteiger partial charge is 0.378 e. The Balaban J connectivity index is 1.26. The summed E-state index contributed by atoms with van der Waals surface area (Å²) in [6.45, 7) is 5.83. The van der Waals surface area contributed by atoms with Gasteiger partial charge in [-0.25, -0.2) is 9.97 Å². The van der Waals surface area contributed by atoms with Crippen LogP contribution in [0.4, 0.5) is 5.69 Å². The molecule has 0 saturated carbocycles. The highest BCUT2D eigenvalue weighted by Gasteiger charge is 2.21. The molecule has 3 heterocycles. The number of carbonyl (C=O) groups excluding carboxylic acids is 1. The highest BCUT2D eigenvalue weighted by Crippen LogP contribution is 2.33. The summed E-state index contributed by atoms with van der Waals surface area (Å²) in [5.74, 6) is 0.127. The van der Waals surface area contributed by atoms with Gasteiger partial charge in [0.15, 0.2) is 0 Å². The van der Waals surface area contributed by atoms with Crippen molar-refractivity contribution < 1.29 is 9.53 Å². The van der Waals surface area contributed by atoms with Crippen LogP contribution in [-0.2, 0) is 11.2 Å². The number of morpholine rings is 1. The molecule has 1 saturated heterocycles. The number of rotatable bonds is 6. The molecular formula is C26H27N5O2.